The summed E-state index contributed by atoms with van der Waals surface area (Å²) in [5, 5.41) is 2.54. The van der Waals surface area contributed by atoms with E-state index in [0.29, 0.717) is 31.1 Å². The number of rotatable bonds is 8. The van der Waals surface area contributed by atoms with Crippen LogP contribution in [-0.2, 0) is 11.2 Å². The minimum Gasteiger partial charge on any atom is -0.493 e. The second kappa shape index (κ2) is 10.9. The van der Waals surface area contributed by atoms with E-state index in [-0.39, 0.29) is 11.6 Å². The van der Waals surface area contributed by atoms with Crippen molar-refractivity contribution in [1.29, 1.82) is 0 Å². The highest BCUT2D eigenvalue weighted by molar-refractivity contribution is 6.04. The Labute approximate surface area is 164 Å². The molecule has 0 radical (unpaired) electrons. The number of carbonyl (C=O) groups excluding carboxylic acids is 1. The third-order valence-electron chi connectivity index (χ3n) is 3.89. The number of hydrogen-bond acceptors (Lipinski definition) is 5. The average Bonchev–Trinajstić information content (AvgIpc) is 2.71. The van der Waals surface area contributed by atoms with Crippen LogP contribution in [0.2, 0.25) is 0 Å². The van der Waals surface area contributed by atoms with E-state index in [1.165, 1.54) is 18.2 Å². The Morgan fingerprint density at radius 2 is 1.86 bits per heavy atom. The summed E-state index contributed by atoms with van der Waals surface area (Å²) in [6.45, 7) is 2.72. The first-order chi connectivity index (χ1) is 13.6. The molecule has 28 heavy (non-hydrogen) atoms. The van der Waals surface area contributed by atoms with Gasteiger partial charge in [0.2, 0.25) is 0 Å². The highest BCUT2D eigenvalue weighted by Crippen LogP contribution is 2.27. The molecule has 6 nitrogen and oxygen atoms in total. The highest BCUT2D eigenvalue weighted by atomic mass is 19.1. The third kappa shape index (κ3) is 5.97. The molecule has 0 aromatic heterocycles. The summed E-state index contributed by atoms with van der Waals surface area (Å²) in [5.74, 6) is 0.0948. The molecule has 2 rings (SSSR count). The number of methoxy groups -OCH3 is 2. The van der Waals surface area contributed by atoms with E-state index in [0.717, 1.165) is 12.0 Å². The van der Waals surface area contributed by atoms with Crippen molar-refractivity contribution in [3.8, 4) is 11.5 Å². The summed E-state index contributed by atoms with van der Waals surface area (Å²) >= 11 is 0. The molecule has 0 saturated heterocycles. The average molecular weight is 388 g/mol. The summed E-state index contributed by atoms with van der Waals surface area (Å²) in [5.41, 5.74) is 0.937. The van der Waals surface area contributed by atoms with Gasteiger partial charge in [0.15, 0.2) is 11.5 Å². The smallest absolute Gasteiger partial charge is 0.291 e. The SMILES string of the molecule is CCCOC(=NCCc1ccc(OC)c(OC)c1)NC(=O)c1ccccc1F. The fourth-order valence-electron chi connectivity index (χ4n) is 2.45. The van der Waals surface area contributed by atoms with E-state index < -0.39 is 11.7 Å². The molecule has 1 N–H and O–H groups in total. The molecule has 7 heteroatoms. The molecule has 0 heterocycles. The zero-order valence-electron chi connectivity index (χ0n) is 16.3. The summed E-state index contributed by atoms with van der Waals surface area (Å²) in [4.78, 5) is 16.6. The van der Waals surface area contributed by atoms with Crippen molar-refractivity contribution in [3.05, 3.63) is 59.4 Å². The van der Waals surface area contributed by atoms with Gasteiger partial charge in [-0.25, -0.2) is 9.38 Å². The lowest BCUT2D eigenvalue weighted by Gasteiger charge is -2.11. The largest absolute Gasteiger partial charge is 0.493 e. The van der Waals surface area contributed by atoms with Crippen LogP contribution in [-0.4, -0.2) is 39.3 Å². The second-order valence-corrected chi connectivity index (χ2v) is 5.91. The quantitative estimate of drug-likeness (QED) is 0.554. The minimum atomic E-state index is -0.598. The van der Waals surface area contributed by atoms with Crippen molar-refractivity contribution in [3.63, 3.8) is 0 Å². The van der Waals surface area contributed by atoms with Crippen LogP contribution in [0.3, 0.4) is 0 Å². The first-order valence-electron chi connectivity index (χ1n) is 9.03. The summed E-state index contributed by atoms with van der Waals surface area (Å²) in [6, 6.07) is 11.5. The van der Waals surface area contributed by atoms with Gasteiger partial charge in [-0.2, -0.15) is 0 Å². The van der Waals surface area contributed by atoms with Gasteiger partial charge >= 0.3 is 0 Å². The number of nitrogens with one attached hydrogen (secondary N) is 1. The summed E-state index contributed by atoms with van der Waals surface area (Å²) in [6.07, 6.45) is 1.36. The Kier molecular flexibility index (Phi) is 8.27. The van der Waals surface area contributed by atoms with Crippen LogP contribution in [0.25, 0.3) is 0 Å². The van der Waals surface area contributed by atoms with Crippen molar-refractivity contribution < 1.29 is 23.4 Å². The normalized spacial score (nSPS) is 11.1. The molecule has 0 saturated carbocycles. The molecule has 0 unspecified atom stereocenters. The number of benzene rings is 2. The van der Waals surface area contributed by atoms with Gasteiger partial charge in [0.05, 0.1) is 26.4 Å². The maximum absolute atomic E-state index is 13.8. The van der Waals surface area contributed by atoms with Crippen LogP contribution in [0.15, 0.2) is 47.5 Å². The van der Waals surface area contributed by atoms with Crippen LogP contribution < -0.4 is 14.8 Å². The molecule has 0 aliphatic heterocycles. The van der Waals surface area contributed by atoms with Gasteiger partial charge in [0.25, 0.3) is 11.9 Å². The van der Waals surface area contributed by atoms with E-state index in [9.17, 15) is 9.18 Å². The molecule has 0 aliphatic rings. The zero-order valence-corrected chi connectivity index (χ0v) is 16.3. The molecule has 0 atom stereocenters. The van der Waals surface area contributed by atoms with Crippen molar-refractivity contribution in [2.24, 2.45) is 4.99 Å². The third-order valence-corrected chi connectivity index (χ3v) is 3.89. The monoisotopic (exact) mass is 388 g/mol. The predicted molar refractivity (Wildman–Crippen MR) is 106 cm³/mol. The van der Waals surface area contributed by atoms with Crippen molar-refractivity contribution >= 4 is 11.9 Å². The van der Waals surface area contributed by atoms with E-state index >= 15 is 0 Å². The molecule has 0 aliphatic carbocycles. The number of hydrogen-bond donors (Lipinski definition) is 1. The lowest BCUT2D eigenvalue weighted by atomic mass is 10.1. The Balaban J connectivity index is 2.05. The molecule has 150 valence electrons. The molecule has 0 bridgehead atoms. The fourth-order valence-corrected chi connectivity index (χ4v) is 2.45. The fraction of sp³-hybridized carbons (Fsp3) is 0.333. The first kappa shape index (κ1) is 21.2. The molecule has 2 aromatic rings. The molecule has 0 spiro atoms. The van der Waals surface area contributed by atoms with Gasteiger partial charge in [-0.15, -0.1) is 0 Å². The van der Waals surface area contributed by atoms with Crippen molar-refractivity contribution in [2.75, 3.05) is 27.4 Å². The first-order valence-corrected chi connectivity index (χ1v) is 9.03. The van der Waals surface area contributed by atoms with Gasteiger partial charge in [0.1, 0.15) is 5.82 Å². The number of amidine groups is 1. The Morgan fingerprint density at radius 3 is 2.54 bits per heavy atom. The van der Waals surface area contributed by atoms with E-state index in [1.807, 2.05) is 25.1 Å². The summed E-state index contributed by atoms with van der Waals surface area (Å²) in [7, 11) is 3.16. The lowest BCUT2D eigenvalue weighted by Crippen LogP contribution is -2.33. The van der Waals surface area contributed by atoms with Crippen LogP contribution in [0.1, 0.15) is 29.3 Å². The van der Waals surface area contributed by atoms with Gasteiger partial charge in [0, 0.05) is 6.54 Å². The Hall–Kier alpha value is -3.09. The molecular weight excluding hydrogens is 363 g/mol. The number of carbonyl (C=O) groups is 1. The predicted octanol–water partition coefficient (Wildman–Crippen LogP) is 3.60. The van der Waals surface area contributed by atoms with Gasteiger partial charge in [-0.05, 0) is 42.7 Å². The van der Waals surface area contributed by atoms with Gasteiger partial charge in [-0.1, -0.05) is 25.1 Å². The van der Waals surface area contributed by atoms with Crippen LogP contribution in [0, 0.1) is 5.82 Å². The van der Waals surface area contributed by atoms with E-state index in [2.05, 4.69) is 10.3 Å². The summed E-state index contributed by atoms with van der Waals surface area (Å²) < 4.78 is 29.8. The highest BCUT2D eigenvalue weighted by Gasteiger charge is 2.14. The number of amides is 1. The number of aliphatic imine (C=N–C) groups is 1. The zero-order chi connectivity index (χ0) is 20.4. The molecular formula is C21H25FN2O4. The van der Waals surface area contributed by atoms with Crippen molar-refractivity contribution in [2.45, 2.75) is 19.8 Å². The minimum absolute atomic E-state index is 0.0600. The number of halogens is 1. The van der Waals surface area contributed by atoms with Crippen LogP contribution in [0.5, 0.6) is 11.5 Å². The van der Waals surface area contributed by atoms with E-state index in [4.69, 9.17) is 14.2 Å². The maximum Gasteiger partial charge on any atom is 0.291 e. The van der Waals surface area contributed by atoms with Gasteiger partial charge in [-0.3, -0.25) is 10.1 Å². The van der Waals surface area contributed by atoms with Crippen LogP contribution in [0.4, 0.5) is 4.39 Å². The van der Waals surface area contributed by atoms with Crippen LogP contribution >= 0.6 is 0 Å². The van der Waals surface area contributed by atoms with E-state index in [1.54, 1.807) is 20.3 Å². The lowest BCUT2D eigenvalue weighted by molar-refractivity contribution is 0.0961. The number of ether oxygens (including phenoxy) is 3. The Morgan fingerprint density at radius 1 is 1.11 bits per heavy atom. The molecule has 2 aromatic carbocycles. The topological polar surface area (TPSA) is 69.2 Å². The standard InChI is InChI=1S/C21H25FN2O4/c1-4-13-28-21(24-20(25)16-7-5-6-8-17(16)22)23-12-11-15-9-10-18(26-2)19(14-15)27-3/h5-10,14H,4,11-13H2,1-3H3,(H,23,24,25). The maximum atomic E-state index is 13.8. The second-order valence-electron chi connectivity index (χ2n) is 5.91. The van der Waals surface area contributed by atoms with Crippen molar-refractivity contribution in [1.82, 2.24) is 5.32 Å². The molecule has 1 amide bonds. The number of nitrogens with zero attached hydrogens (tertiary/aromatic N) is 1. The Bertz CT molecular complexity index is 824. The van der Waals surface area contributed by atoms with Gasteiger partial charge < -0.3 is 14.2 Å². The molecule has 0 fully saturated rings.